The fourth-order valence-corrected chi connectivity index (χ4v) is 4.92. The lowest BCUT2D eigenvalue weighted by atomic mass is 10.0. The van der Waals surface area contributed by atoms with Gasteiger partial charge < -0.3 is 25.0 Å². The average molecular weight is 589 g/mol. The number of hydrogen-bond acceptors (Lipinski definition) is 8. The molecule has 43 heavy (non-hydrogen) atoms. The molecule has 1 saturated heterocycles. The summed E-state index contributed by atoms with van der Waals surface area (Å²) in [6.07, 6.45) is 6.53. The molecule has 1 aromatic heterocycles. The van der Waals surface area contributed by atoms with Crippen LogP contribution in [0.1, 0.15) is 48.9 Å². The topological polar surface area (TPSA) is 137 Å². The third-order valence-electron chi connectivity index (χ3n) is 7.48. The van der Waals surface area contributed by atoms with Gasteiger partial charge in [0.15, 0.2) is 0 Å². The van der Waals surface area contributed by atoms with E-state index in [1.54, 1.807) is 4.90 Å². The highest BCUT2D eigenvalue weighted by Gasteiger charge is 2.23. The van der Waals surface area contributed by atoms with E-state index in [9.17, 15) is 14.4 Å². The minimum atomic E-state index is -1.06. The predicted molar refractivity (Wildman–Crippen MR) is 165 cm³/mol. The predicted octanol–water partition coefficient (Wildman–Crippen LogP) is 4.99. The molecular weight excluding hydrogens is 548 g/mol. The van der Waals surface area contributed by atoms with E-state index >= 15 is 0 Å². The van der Waals surface area contributed by atoms with Crippen molar-refractivity contribution in [1.29, 1.82) is 0 Å². The summed E-state index contributed by atoms with van der Waals surface area (Å²) in [5, 5.41) is 14.9. The number of anilines is 2. The second-order valence-corrected chi connectivity index (χ2v) is 10.6. The summed E-state index contributed by atoms with van der Waals surface area (Å²) >= 11 is 0. The van der Waals surface area contributed by atoms with Crippen LogP contribution in [0.25, 0.3) is 11.1 Å². The Bertz CT molecular complexity index is 1330. The van der Waals surface area contributed by atoms with Crippen molar-refractivity contribution in [3.05, 3.63) is 72.6 Å². The number of ether oxygens (including phenoxy) is 1. The number of aromatic nitrogens is 2. The first kappa shape index (κ1) is 31.4. The molecule has 0 radical (unpaired) electrons. The number of para-hydroxylation sites is 1. The van der Waals surface area contributed by atoms with Gasteiger partial charge in [0.2, 0.25) is 11.9 Å². The molecule has 0 saturated carbocycles. The molecule has 4 rings (SSSR count). The van der Waals surface area contributed by atoms with Crippen LogP contribution >= 0.6 is 0 Å². The Morgan fingerprint density at radius 1 is 0.977 bits per heavy atom. The number of likely N-dealkylation sites (tertiary alicyclic amines) is 1. The van der Waals surface area contributed by atoms with Crippen LogP contribution in [-0.4, -0.2) is 88.7 Å². The number of carbonyl (C=O) groups excluding carboxylic acids is 2. The molecule has 11 nitrogen and oxygen atoms in total. The summed E-state index contributed by atoms with van der Waals surface area (Å²) in [6.45, 7) is 3.73. The second kappa shape index (κ2) is 16.2. The number of likely N-dealkylation sites (N-methyl/N-ethyl adjacent to an activating group) is 1. The van der Waals surface area contributed by atoms with Crippen LogP contribution in [0.4, 0.5) is 16.4 Å². The second-order valence-electron chi connectivity index (χ2n) is 10.6. The van der Waals surface area contributed by atoms with E-state index in [1.807, 2.05) is 61.6 Å². The largest absolute Gasteiger partial charge is 0.478 e. The highest BCUT2D eigenvalue weighted by Crippen LogP contribution is 2.28. The Morgan fingerprint density at radius 3 is 2.40 bits per heavy atom. The van der Waals surface area contributed by atoms with Crippen molar-refractivity contribution in [1.82, 2.24) is 19.8 Å². The Hall–Kier alpha value is -4.51. The number of carboxylic acid groups (broad SMARTS) is 1. The molecule has 1 aliphatic heterocycles. The quantitative estimate of drug-likeness (QED) is 0.223. The first-order chi connectivity index (χ1) is 20.9. The van der Waals surface area contributed by atoms with Crippen LogP contribution in [-0.2, 0) is 9.53 Å². The maximum atomic E-state index is 12.7. The minimum Gasteiger partial charge on any atom is -0.478 e. The fraction of sp³-hybridized carbons (Fsp3) is 0.406. The fourth-order valence-electron chi connectivity index (χ4n) is 4.92. The van der Waals surface area contributed by atoms with Gasteiger partial charge in [-0.1, -0.05) is 55.0 Å². The zero-order valence-corrected chi connectivity index (χ0v) is 24.6. The average Bonchev–Trinajstić information content (AvgIpc) is 3.03. The van der Waals surface area contributed by atoms with E-state index in [2.05, 4.69) is 25.5 Å². The molecule has 0 unspecified atom stereocenters. The molecule has 0 spiro atoms. The third-order valence-corrected chi connectivity index (χ3v) is 7.48. The molecule has 0 atom stereocenters. The normalized spacial score (nSPS) is 13.7. The summed E-state index contributed by atoms with van der Waals surface area (Å²) in [4.78, 5) is 48.1. The number of hydrogen-bond donors (Lipinski definition) is 3. The molecular formula is C32H40N6O5. The maximum Gasteiger partial charge on any atom is 0.411 e. The van der Waals surface area contributed by atoms with E-state index in [-0.39, 0.29) is 17.6 Å². The molecule has 3 aromatic rings. The molecule has 1 aliphatic rings. The minimum absolute atomic E-state index is 0.0493. The summed E-state index contributed by atoms with van der Waals surface area (Å²) in [7, 11) is 1.84. The van der Waals surface area contributed by atoms with Gasteiger partial charge in [-0.2, -0.15) is 0 Å². The molecule has 2 aromatic carbocycles. The van der Waals surface area contributed by atoms with E-state index in [0.29, 0.717) is 25.5 Å². The van der Waals surface area contributed by atoms with Crippen molar-refractivity contribution in [2.75, 3.05) is 50.4 Å². The summed E-state index contributed by atoms with van der Waals surface area (Å²) < 4.78 is 5.73. The van der Waals surface area contributed by atoms with Crippen LogP contribution in [0.2, 0.25) is 0 Å². The first-order valence-electron chi connectivity index (χ1n) is 14.8. The van der Waals surface area contributed by atoms with Crippen LogP contribution in [0.15, 0.2) is 67.0 Å². The lowest BCUT2D eigenvalue weighted by molar-refractivity contribution is -0.130. The van der Waals surface area contributed by atoms with Crippen LogP contribution in [0, 0.1) is 0 Å². The number of amides is 2. The molecule has 3 N–H and O–H groups in total. The number of benzene rings is 2. The standard InChI is InChI=1S/C32H40N6O5/c1-37(29(39)14-6-3-9-17-33-31-34-22-25(23-35-31)30(40)41)20-21-38-18-15-26(16-19-38)43-32(42)36-28-13-8-7-12-27(28)24-10-4-2-5-11-24/h2,4-5,7-8,10-13,22-23,26H,3,6,9,14-21H2,1H3,(H,36,42)(H,40,41)(H,33,34,35). The number of rotatable bonds is 14. The number of carboxylic acids is 1. The van der Waals surface area contributed by atoms with Gasteiger partial charge in [0.25, 0.3) is 0 Å². The van der Waals surface area contributed by atoms with Crippen molar-refractivity contribution in [3.63, 3.8) is 0 Å². The van der Waals surface area contributed by atoms with Crippen molar-refractivity contribution in [2.45, 2.75) is 44.6 Å². The van der Waals surface area contributed by atoms with Gasteiger partial charge in [0.1, 0.15) is 6.10 Å². The molecule has 0 aliphatic carbocycles. The zero-order valence-electron chi connectivity index (χ0n) is 24.6. The van der Waals surface area contributed by atoms with Crippen molar-refractivity contribution in [2.24, 2.45) is 0 Å². The van der Waals surface area contributed by atoms with Crippen LogP contribution < -0.4 is 10.6 Å². The van der Waals surface area contributed by atoms with Crippen molar-refractivity contribution in [3.8, 4) is 11.1 Å². The Morgan fingerprint density at radius 2 is 1.67 bits per heavy atom. The van der Waals surface area contributed by atoms with Gasteiger partial charge in [0, 0.05) is 64.1 Å². The summed E-state index contributed by atoms with van der Waals surface area (Å²) in [6, 6.07) is 17.6. The summed E-state index contributed by atoms with van der Waals surface area (Å²) in [5.74, 6) is -0.533. The highest BCUT2D eigenvalue weighted by molar-refractivity contribution is 5.91. The van der Waals surface area contributed by atoms with Gasteiger partial charge in [-0.05, 0) is 37.3 Å². The Labute approximate surface area is 252 Å². The van der Waals surface area contributed by atoms with Crippen molar-refractivity contribution >= 4 is 29.6 Å². The lowest BCUT2D eigenvalue weighted by Gasteiger charge is -2.32. The van der Waals surface area contributed by atoms with E-state index in [4.69, 9.17) is 9.84 Å². The Balaban J connectivity index is 1.06. The highest BCUT2D eigenvalue weighted by atomic mass is 16.6. The van der Waals surface area contributed by atoms with E-state index in [0.717, 1.165) is 68.6 Å². The van der Waals surface area contributed by atoms with Crippen LogP contribution in [0.3, 0.4) is 0 Å². The lowest BCUT2D eigenvalue weighted by Crippen LogP contribution is -2.42. The van der Waals surface area contributed by atoms with E-state index < -0.39 is 12.1 Å². The van der Waals surface area contributed by atoms with Crippen LogP contribution in [0.5, 0.6) is 0 Å². The molecule has 2 amide bonds. The maximum absolute atomic E-state index is 12.7. The van der Waals surface area contributed by atoms with Gasteiger partial charge >= 0.3 is 12.1 Å². The number of nitrogens with zero attached hydrogens (tertiary/aromatic N) is 4. The SMILES string of the molecule is CN(CCN1CCC(OC(=O)Nc2ccccc2-c2ccccc2)CC1)C(=O)CCCCCNc1ncc(C(=O)O)cn1. The van der Waals surface area contributed by atoms with Gasteiger partial charge in [-0.3, -0.25) is 10.1 Å². The van der Waals surface area contributed by atoms with Gasteiger partial charge in [-0.15, -0.1) is 0 Å². The van der Waals surface area contributed by atoms with Crippen molar-refractivity contribution < 1.29 is 24.2 Å². The molecule has 1 fully saturated rings. The number of nitrogens with one attached hydrogen (secondary N) is 2. The molecule has 2 heterocycles. The molecule has 11 heteroatoms. The van der Waals surface area contributed by atoms with E-state index in [1.165, 1.54) is 12.4 Å². The number of aromatic carboxylic acids is 1. The third kappa shape index (κ3) is 10.1. The monoisotopic (exact) mass is 588 g/mol. The zero-order chi connectivity index (χ0) is 30.4. The number of carbonyl (C=O) groups is 3. The molecule has 228 valence electrons. The Kier molecular flexibility index (Phi) is 11.8. The number of piperidine rings is 1. The first-order valence-corrected chi connectivity index (χ1v) is 14.8. The number of unbranched alkanes of at least 4 members (excludes halogenated alkanes) is 2. The van der Waals surface area contributed by atoms with Gasteiger partial charge in [-0.25, -0.2) is 19.6 Å². The molecule has 0 bridgehead atoms. The smallest absolute Gasteiger partial charge is 0.411 e. The van der Waals surface area contributed by atoms with Gasteiger partial charge in [0.05, 0.1) is 11.3 Å². The summed E-state index contributed by atoms with van der Waals surface area (Å²) in [5.41, 5.74) is 2.75.